The van der Waals surface area contributed by atoms with Gasteiger partial charge in [0.1, 0.15) is 0 Å². The number of thiophene rings is 1. The molecule has 1 saturated heterocycles. The Balaban J connectivity index is 1.66. The van der Waals surface area contributed by atoms with Crippen molar-refractivity contribution in [1.29, 1.82) is 0 Å². The lowest BCUT2D eigenvalue weighted by atomic mass is 10.1. The molecule has 0 amide bonds. The Bertz CT molecular complexity index is 786. The van der Waals surface area contributed by atoms with E-state index in [1.807, 2.05) is 5.38 Å². The normalized spacial score (nSPS) is 18.1. The molecule has 26 heavy (non-hydrogen) atoms. The fraction of sp³-hybridized carbons (Fsp3) is 0.444. The molecule has 0 bridgehead atoms. The summed E-state index contributed by atoms with van der Waals surface area (Å²) in [6.07, 6.45) is 0. The van der Waals surface area contributed by atoms with Crippen molar-refractivity contribution in [2.45, 2.75) is 11.8 Å². The van der Waals surface area contributed by atoms with Gasteiger partial charge in [0.2, 0.25) is 10.0 Å². The molecule has 1 unspecified atom stereocenters. The van der Waals surface area contributed by atoms with Crippen molar-refractivity contribution in [2.75, 3.05) is 39.8 Å². The van der Waals surface area contributed by atoms with E-state index in [2.05, 4.69) is 33.0 Å². The van der Waals surface area contributed by atoms with Gasteiger partial charge in [-0.25, -0.2) is 13.1 Å². The molecule has 2 aromatic rings. The molecule has 1 aliphatic heterocycles. The first-order valence-electron chi connectivity index (χ1n) is 8.59. The molecule has 1 fully saturated rings. The number of likely N-dealkylation sites (N-methyl/N-ethyl adjacent to an activating group) is 1. The van der Waals surface area contributed by atoms with Crippen molar-refractivity contribution in [3.63, 3.8) is 0 Å². The summed E-state index contributed by atoms with van der Waals surface area (Å²) < 4.78 is 27.9. The predicted octanol–water partition coefficient (Wildman–Crippen LogP) is 2.81. The molecule has 1 aliphatic rings. The molecule has 1 N–H and O–H groups in total. The van der Waals surface area contributed by atoms with Crippen molar-refractivity contribution < 1.29 is 8.42 Å². The first-order chi connectivity index (χ1) is 12.4. The fourth-order valence-corrected chi connectivity index (χ4v) is 5.09. The molecule has 8 heteroatoms. The Labute approximate surface area is 164 Å². The highest BCUT2D eigenvalue weighted by atomic mass is 35.5. The van der Waals surface area contributed by atoms with E-state index in [1.54, 1.807) is 35.6 Å². The van der Waals surface area contributed by atoms with Gasteiger partial charge in [-0.05, 0) is 47.1 Å². The highest BCUT2D eigenvalue weighted by Crippen LogP contribution is 2.24. The van der Waals surface area contributed by atoms with E-state index in [9.17, 15) is 8.42 Å². The Morgan fingerprint density at radius 3 is 2.46 bits per heavy atom. The SMILES string of the molecule is CN1CCN(C(CNS(=O)(=O)Cc2ccc(Cl)cc2)c2ccsc2)CC1. The first kappa shape index (κ1) is 19.8. The maximum absolute atomic E-state index is 12.5. The van der Waals surface area contributed by atoms with Crippen LogP contribution in [-0.2, 0) is 15.8 Å². The minimum atomic E-state index is -3.41. The molecule has 0 spiro atoms. The summed E-state index contributed by atoms with van der Waals surface area (Å²) in [5, 5.41) is 4.75. The third-order valence-electron chi connectivity index (χ3n) is 4.67. The molecule has 5 nitrogen and oxygen atoms in total. The van der Waals surface area contributed by atoms with E-state index in [1.165, 1.54) is 5.56 Å². The van der Waals surface area contributed by atoms with E-state index < -0.39 is 10.0 Å². The summed E-state index contributed by atoms with van der Waals surface area (Å²) in [5.41, 5.74) is 1.90. The van der Waals surface area contributed by atoms with E-state index in [4.69, 9.17) is 11.6 Å². The average molecular weight is 414 g/mol. The largest absolute Gasteiger partial charge is 0.304 e. The zero-order chi connectivity index (χ0) is 18.6. The summed E-state index contributed by atoms with van der Waals surface area (Å²) in [6, 6.07) is 9.07. The van der Waals surface area contributed by atoms with Crippen LogP contribution in [0.5, 0.6) is 0 Å². The molecule has 3 rings (SSSR count). The molecule has 1 aromatic carbocycles. The lowest BCUT2D eigenvalue weighted by molar-refractivity contribution is 0.113. The van der Waals surface area contributed by atoms with E-state index in [0.29, 0.717) is 11.6 Å². The third kappa shape index (κ3) is 5.52. The average Bonchev–Trinajstić information content (AvgIpc) is 3.13. The number of sulfonamides is 1. The fourth-order valence-electron chi connectivity index (χ4n) is 3.11. The maximum atomic E-state index is 12.5. The number of nitrogens with zero attached hydrogens (tertiary/aromatic N) is 2. The minimum absolute atomic E-state index is 0.0384. The summed E-state index contributed by atoms with van der Waals surface area (Å²) in [5.74, 6) is -0.0384. The molecule has 0 saturated carbocycles. The molecule has 142 valence electrons. The lowest BCUT2D eigenvalue weighted by Gasteiger charge is -2.37. The molecule has 2 heterocycles. The van der Waals surface area contributed by atoms with Crippen LogP contribution in [0.15, 0.2) is 41.1 Å². The summed E-state index contributed by atoms with van der Waals surface area (Å²) in [6.45, 7) is 4.26. The Morgan fingerprint density at radius 2 is 1.85 bits per heavy atom. The van der Waals surface area contributed by atoms with Crippen LogP contribution in [0, 0.1) is 0 Å². The van der Waals surface area contributed by atoms with E-state index in [-0.39, 0.29) is 11.8 Å². The van der Waals surface area contributed by atoms with Crippen LogP contribution in [0.1, 0.15) is 17.2 Å². The predicted molar refractivity (Wildman–Crippen MR) is 108 cm³/mol. The van der Waals surface area contributed by atoms with Crippen LogP contribution in [0.2, 0.25) is 5.02 Å². The van der Waals surface area contributed by atoms with Gasteiger partial charge in [0.15, 0.2) is 0 Å². The summed E-state index contributed by atoms with van der Waals surface area (Å²) in [7, 11) is -1.29. The van der Waals surface area contributed by atoms with Gasteiger partial charge in [-0.3, -0.25) is 4.90 Å². The van der Waals surface area contributed by atoms with Gasteiger partial charge in [0.25, 0.3) is 0 Å². The second-order valence-electron chi connectivity index (χ2n) is 6.65. The molecule has 0 radical (unpaired) electrons. The Kier molecular flexibility index (Phi) is 6.71. The van der Waals surface area contributed by atoms with Crippen LogP contribution < -0.4 is 4.72 Å². The zero-order valence-electron chi connectivity index (χ0n) is 14.8. The van der Waals surface area contributed by atoms with Gasteiger partial charge < -0.3 is 4.90 Å². The zero-order valence-corrected chi connectivity index (χ0v) is 17.2. The van der Waals surface area contributed by atoms with Crippen LogP contribution >= 0.6 is 22.9 Å². The quantitative estimate of drug-likeness (QED) is 0.758. The number of rotatable bonds is 7. The van der Waals surface area contributed by atoms with Crippen molar-refractivity contribution >= 4 is 33.0 Å². The van der Waals surface area contributed by atoms with Crippen molar-refractivity contribution in [3.05, 3.63) is 57.2 Å². The summed E-state index contributed by atoms with van der Waals surface area (Å²) in [4.78, 5) is 4.67. The summed E-state index contributed by atoms with van der Waals surface area (Å²) >= 11 is 7.51. The first-order valence-corrected chi connectivity index (χ1v) is 11.6. The molecular formula is C18H24ClN3O2S2. The Hall–Kier alpha value is -0.960. The van der Waals surface area contributed by atoms with Gasteiger partial charge in [-0.15, -0.1) is 0 Å². The number of nitrogens with one attached hydrogen (secondary N) is 1. The number of piperazine rings is 1. The lowest BCUT2D eigenvalue weighted by Crippen LogP contribution is -2.48. The van der Waals surface area contributed by atoms with Crippen molar-refractivity contribution in [3.8, 4) is 0 Å². The minimum Gasteiger partial charge on any atom is -0.304 e. The number of hydrogen-bond acceptors (Lipinski definition) is 5. The topological polar surface area (TPSA) is 52.6 Å². The van der Waals surface area contributed by atoms with E-state index >= 15 is 0 Å². The maximum Gasteiger partial charge on any atom is 0.215 e. The van der Waals surface area contributed by atoms with Crippen molar-refractivity contribution in [1.82, 2.24) is 14.5 Å². The van der Waals surface area contributed by atoms with E-state index in [0.717, 1.165) is 31.7 Å². The van der Waals surface area contributed by atoms with Gasteiger partial charge in [0, 0.05) is 43.8 Å². The second kappa shape index (κ2) is 8.82. The number of halogens is 1. The molecule has 0 aliphatic carbocycles. The highest BCUT2D eigenvalue weighted by molar-refractivity contribution is 7.88. The highest BCUT2D eigenvalue weighted by Gasteiger charge is 2.25. The number of hydrogen-bond donors (Lipinski definition) is 1. The van der Waals surface area contributed by atoms with Crippen LogP contribution in [-0.4, -0.2) is 58.0 Å². The monoisotopic (exact) mass is 413 g/mol. The second-order valence-corrected chi connectivity index (χ2v) is 9.67. The smallest absolute Gasteiger partial charge is 0.215 e. The molecular weight excluding hydrogens is 390 g/mol. The van der Waals surface area contributed by atoms with Crippen LogP contribution in [0.25, 0.3) is 0 Å². The standard InChI is InChI=1S/C18H24ClN3O2S2/c1-21-7-9-22(10-8-21)18(16-6-11-25-13-16)12-20-26(23,24)14-15-2-4-17(19)5-3-15/h2-6,11,13,18,20H,7-10,12,14H2,1H3. The van der Waals surface area contributed by atoms with Crippen LogP contribution in [0.3, 0.4) is 0 Å². The molecule has 1 atom stereocenters. The van der Waals surface area contributed by atoms with Crippen molar-refractivity contribution in [2.24, 2.45) is 0 Å². The van der Waals surface area contributed by atoms with Gasteiger partial charge in [0.05, 0.1) is 5.75 Å². The third-order valence-corrected chi connectivity index (χ3v) is 6.95. The Morgan fingerprint density at radius 1 is 1.15 bits per heavy atom. The van der Waals surface area contributed by atoms with Crippen LogP contribution in [0.4, 0.5) is 0 Å². The van der Waals surface area contributed by atoms with Gasteiger partial charge >= 0.3 is 0 Å². The van der Waals surface area contributed by atoms with Gasteiger partial charge in [-0.1, -0.05) is 23.7 Å². The number of benzene rings is 1. The molecule has 1 aromatic heterocycles. The van der Waals surface area contributed by atoms with Gasteiger partial charge in [-0.2, -0.15) is 11.3 Å².